The Morgan fingerprint density at radius 3 is 2.41 bits per heavy atom. The Labute approximate surface area is 134 Å². The molecule has 0 aliphatic carbocycles. The molecular formula is C17H17NO3S. The van der Waals surface area contributed by atoms with Gasteiger partial charge in [-0.05, 0) is 19.1 Å². The predicted molar refractivity (Wildman–Crippen MR) is 88.2 cm³/mol. The average Bonchev–Trinajstić information content (AvgIpc) is 3.05. The number of hydrogen-bond acceptors (Lipinski definition) is 4. The Morgan fingerprint density at radius 1 is 1.09 bits per heavy atom. The maximum Gasteiger partial charge on any atom is 0.162 e. The van der Waals surface area contributed by atoms with Crippen LogP contribution in [0.5, 0.6) is 0 Å². The van der Waals surface area contributed by atoms with Gasteiger partial charge < -0.3 is 14.1 Å². The summed E-state index contributed by atoms with van der Waals surface area (Å²) in [6, 6.07) is 11.2. The lowest BCUT2D eigenvalue weighted by molar-refractivity contribution is 0.0688. The number of thiocarbonyl (C=S) groups is 1. The van der Waals surface area contributed by atoms with Gasteiger partial charge >= 0.3 is 0 Å². The van der Waals surface area contributed by atoms with Gasteiger partial charge in [0.05, 0.1) is 13.2 Å². The molecule has 0 atom stereocenters. The summed E-state index contributed by atoms with van der Waals surface area (Å²) in [5.74, 6) is 1.50. The van der Waals surface area contributed by atoms with Crippen LogP contribution in [-0.4, -0.2) is 42.0 Å². The summed E-state index contributed by atoms with van der Waals surface area (Å²) in [5, 5.41) is 0. The van der Waals surface area contributed by atoms with Crippen LogP contribution in [0.25, 0.3) is 11.3 Å². The van der Waals surface area contributed by atoms with Gasteiger partial charge in [-0.15, -0.1) is 0 Å². The number of Topliss-reactive ketones (excluding diaryl/α,β-unsaturated/α-hetero) is 1. The van der Waals surface area contributed by atoms with E-state index in [1.165, 1.54) is 0 Å². The van der Waals surface area contributed by atoms with E-state index in [1.54, 1.807) is 19.1 Å². The fourth-order valence-electron chi connectivity index (χ4n) is 2.40. The average molecular weight is 315 g/mol. The lowest BCUT2D eigenvalue weighted by Crippen LogP contribution is -2.40. The molecule has 4 nitrogen and oxygen atoms in total. The number of hydrogen-bond donors (Lipinski definition) is 0. The molecule has 1 aromatic heterocycles. The largest absolute Gasteiger partial charge is 0.454 e. The van der Waals surface area contributed by atoms with Crippen LogP contribution < -0.4 is 0 Å². The molecule has 114 valence electrons. The van der Waals surface area contributed by atoms with Gasteiger partial charge in [0.15, 0.2) is 11.5 Å². The number of carbonyl (C=O) groups excluding carboxylic acids is 1. The Morgan fingerprint density at radius 2 is 1.77 bits per heavy atom. The normalized spacial score (nSPS) is 14.9. The lowest BCUT2D eigenvalue weighted by Gasteiger charge is -2.28. The SMILES string of the molecule is CC(=O)c1ccc(-c2ccc(C(=S)N3CCOCC3)o2)cc1. The lowest BCUT2D eigenvalue weighted by atomic mass is 10.1. The highest BCUT2D eigenvalue weighted by Crippen LogP contribution is 2.24. The summed E-state index contributed by atoms with van der Waals surface area (Å²) in [6.45, 7) is 4.53. The van der Waals surface area contributed by atoms with Gasteiger partial charge in [-0.1, -0.05) is 36.5 Å². The molecule has 5 heteroatoms. The van der Waals surface area contributed by atoms with E-state index in [-0.39, 0.29) is 5.78 Å². The van der Waals surface area contributed by atoms with Crippen LogP contribution in [0.2, 0.25) is 0 Å². The van der Waals surface area contributed by atoms with Crippen LogP contribution in [0.4, 0.5) is 0 Å². The van der Waals surface area contributed by atoms with Crippen LogP contribution >= 0.6 is 12.2 Å². The van der Waals surface area contributed by atoms with Gasteiger partial charge in [-0.25, -0.2) is 0 Å². The minimum Gasteiger partial charge on any atom is -0.454 e. The van der Waals surface area contributed by atoms with E-state index in [9.17, 15) is 4.79 Å². The Balaban J connectivity index is 1.78. The molecule has 0 radical (unpaired) electrons. The maximum absolute atomic E-state index is 11.3. The topological polar surface area (TPSA) is 42.7 Å². The van der Waals surface area contributed by atoms with Crippen LogP contribution in [0.15, 0.2) is 40.8 Å². The van der Waals surface area contributed by atoms with Gasteiger partial charge in [0, 0.05) is 24.2 Å². The van der Waals surface area contributed by atoms with Crippen molar-refractivity contribution in [2.75, 3.05) is 26.3 Å². The number of nitrogens with zero attached hydrogens (tertiary/aromatic N) is 1. The number of benzene rings is 1. The number of carbonyl (C=O) groups is 1. The third-order valence-electron chi connectivity index (χ3n) is 3.69. The Hall–Kier alpha value is -1.98. The molecule has 0 spiro atoms. The minimum atomic E-state index is 0.0557. The predicted octanol–water partition coefficient (Wildman–Crippen LogP) is 3.16. The Kier molecular flexibility index (Phi) is 4.36. The van der Waals surface area contributed by atoms with Crippen molar-refractivity contribution < 1.29 is 13.9 Å². The van der Waals surface area contributed by atoms with E-state index in [0.717, 1.165) is 29.4 Å². The zero-order chi connectivity index (χ0) is 15.5. The molecule has 0 unspecified atom stereocenters. The molecular weight excluding hydrogens is 298 g/mol. The zero-order valence-corrected chi connectivity index (χ0v) is 13.2. The third kappa shape index (κ3) is 3.10. The van der Waals surface area contributed by atoms with Crippen molar-refractivity contribution in [1.82, 2.24) is 4.90 Å². The van der Waals surface area contributed by atoms with Crippen molar-refractivity contribution in [3.8, 4) is 11.3 Å². The standard InChI is InChI=1S/C17H17NO3S/c1-12(19)13-2-4-14(5-3-13)15-6-7-16(21-15)17(22)18-8-10-20-11-9-18/h2-7H,8-11H2,1H3. The molecule has 0 bridgehead atoms. The van der Waals surface area contributed by atoms with Crippen molar-refractivity contribution in [1.29, 1.82) is 0 Å². The zero-order valence-electron chi connectivity index (χ0n) is 12.4. The molecule has 1 saturated heterocycles. The minimum absolute atomic E-state index is 0.0557. The fraction of sp³-hybridized carbons (Fsp3) is 0.294. The summed E-state index contributed by atoms with van der Waals surface area (Å²) in [6.07, 6.45) is 0. The van der Waals surface area contributed by atoms with Crippen molar-refractivity contribution in [2.45, 2.75) is 6.92 Å². The molecule has 2 heterocycles. The molecule has 1 aliphatic heterocycles. The summed E-state index contributed by atoms with van der Waals surface area (Å²) in [7, 11) is 0. The first kappa shape index (κ1) is 14.9. The molecule has 3 rings (SSSR count). The second-order valence-corrected chi connectivity index (χ2v) is 5.59. The summed E-state index contributed by atoms with van der Waals surface area (Å²) in [5.41, 5.74) is 1.63. The molecule has 0 N–H and O–H groups in total. The molecule has 1 aromatic carbocycles. The van der Waals surface area contributed by atoms with Crippen molar-refractivity contribution in [2.24, 2.45) is 0 Å². The third-order valence-corrected chi connectivity index (χ3v) is 4.15. The quantitative estimate of drug-likeness (QED) is 0.643. The van der Waals surface area contributed by atoms with E-state index in [1.807, 2.05) is 24.3 Å². The highest BCUT2D eigenvalue weighted by atomic mass is 32.1. The Bertz CT molecular complexity index is 684. The van der Waals surface area contributed by atoms with Crippen LogP contribution in [0.3, 0.4) is 0 Å². The summed E-state index contributed by atoms with van der Waals surface area (Å²) >= 11 is 5.49. The number of ether oxygens (including phenoxy) is 1. The van der Waals surface area contributed by atoms with Gasteiger partial charge in [0.1, 0.15) is 10.7 Å². The van der Waals surface area contributed by atoms with Crippen molar-refractivity contribution in [3.05, 3.63) is 47.7 Å². The van der Waals surface area contributed by atoms with E-state index in [0.29, 0.717) is 24.5 Å². The highest BCUT2D eigenvalue weighted by Gasteiger charge is 2.18. The van der Waals surface area contributed by atoms with Gasteiger partial charge in [-0.2, -0.15) is 0 Å². The van der Waals surface area contributed by atoms with Gasteiger partial charge in [-0.3, -0.25) is 4.79 Å². The highest BCUT2D eigenvalue weighted by molar-refractivity contribution is 7.80. The molecule has 2 aromatic rings. The smallest absolute Gasteiger partial charge is 0.162 e. The van der Waals surface area contributed by atoms with E-state index >= 15 is 0 Å². The number of furan rings is 1. The van der Waals surface area contributed by atoms with Crippen molar-refractivity contribution >= 4 is 23.0 Å². The first-order valence-corrected chi connectivity index (χ1v) is 7.64. The van der Waals surface area contributed by atoms with E-state index < -0.39 is 0 Å². The molecule has 1 fully saturated rings. The molecule has 22 heavy (non-hydrogen) atoms. The molecule has 0 amide bonds. The first-order chi connectivity index (χ1) is 10.6. The summed E-state index contributed by atoms with van der Waals surface area (Å²) < 4.78 is 11.2. The first-order valence-electron chi connectivity index (χ1n) is 7.23. The van der Waals surface area contributed by atoms with Crippen LogP contribution in [0, 0.1) is 0 Å². The maximum atomic E-state index is 11.3. The number of ketones is 1. The van der Waals surface area contributed by atoms with Crippen LogP contribution in [0.1, 0.15) is 23.0 Å². The van der Waals surface area contributed by atoms with Gasteiger partial charge in [0.25, 0.3) is 0 Å². The number of rotatable bonds is 3. The second-order valence-electron chi connectivity index (χ2n) is 5.20. The van der Waals surface area contributed by atoms with Gasteiger partial charge in [0.2, 0.25) is 0 Å². The van der Waals surface area contributed by atoms with E-state index in [4.69, 9.17) is 21.4 Å². The number of morpholine rings is 1. The molecule has 1 aliphatic rings. The van der Waals surface area contributed by atoms with E-state index in [2.05, 4.69) is 4.90 Å². The second kappa shape index (κ2) is 6.42. The van der Waals surface area contributed by atoms with Crippen molar-refractivity contribution in [3.63, 3.8) is 0 Å². The van der Waals surface area contributed by atoms with Crippen LogP contribution in [-0.2, 0) is 4.74 Å². The summed E-state index contributed by atoms with van der Waals surface area (Å²) in [4.78, 5) is 14.1. The molecule has 0 saturated carbocycles. The fourth-order valence-corrected chi connectivity index (χ4v) is 2.69. The monoisotopic (exact) mass is 315 g/mol.